The number of aryl methyl sites for hydroxylation is 2. The molecule has 0 fully saturated rings. The number of benzene rings is 1. The molecule has 2 nitrogen and oxygen atoms in total. The lowest BCUT2D eigenvalue weighted by molar-refractivity contribution is 0.480. The molecule has 4 heteroatoms. The molecule has 0 radical (unpaired) electrons. The molecule has 1 aromatic carbocycles. The summed E-state index contributed by atoms with van der Waals surface area (Å²) in [7, 11) is 0. The van der Waals surface area contributed by atoms with Gasteiger partial charge in [-0.25, -0.2) is 0 Å². The summed E-state index contributed by atoms with van der Waals surface area (Å²) < 4.78 is 0. The predicted molar refractivity (Wildman–Crippen MR) is 97.2 cm³/mol. The van der Waals surface area contributed by atoms with E-state index in [4.69, 9.17) is 12.2 Å². The summed E-state index contributed by atoms with van der Waals surface area (Å²) in [5.41, 5.74) is 3.49. The molecule has 0 aliphatic rings. The van der Waals surface area contributed by atoms with Crippen LogP contribution in [0.15, 0.2) is 35.7 Å². The molecule has 112 valence electrons. The topological polar surface area (TPSA) is 24.1 Å². The molecule has 2 rings (SSSR count). The molecule has 0 spiro atoms. The van der Waals surface area contributed by atoms with Crippen LogP contribution in [0.1, 0.15) is 35.9 Å². The van der Waals surface area contributed by atoms with Crippen molar-refractivity contribution in [3.05, 3.63) is 51.7 Å². The highest BCUT2D eigenvalue weighted by Crippen LogP contribution is 2.26. The molecule has 21 heavy (non-hydrogen) atoms. The van der Waals surface area contributed by atoms with Crippen molar-refractivity contribution in [2.75, 3.05) is 5.32 Å². The Labute approximate surface area is 136 Å². The summed E-state index contributed by atoms with van der Waals surface area (Å²) in [6, 6.07) is 10.8. The molecule has 0 unspecified atom stereocenters. The maximum Gasteiger partial charge on any atom is 0.171 e. The first-order valence-electron chi connectivity index (χ1n) is 7.15. The normalized spacial score (nSPS) is 12.2. The summed E-state index contributed by atoms with van der Waals surface area (Å²) in [6.07, 6.45) is 0. The van der Waals surface area contributed by atoms with E-state index >= 15 is 0 Å². The Hall–Kier alpha value is -1.39. The monoisotopic (exact) mass is 318 g/mol. The van der Waals surface area contributed by atoms with E-state index in [0.29, 0.717) is 11.0 Å². The number of rotatable bonds is 4. The van der Waals surface area contributed by atoms with Crippen molar-refractivity contribution in [3.63, 3.8) is 0 Å². The third-order valence-electron chi connectivity index (χ3n) is 3.44. The smallest absolute Gasteiger partial charge is 0.171 e. The zero-order valence-electron chi connectivity index (χ0n) is 12.9. The molecular formula is C17H22N2S2. The van der Waals surface area contributed by atoms with Crippen LogP contribution >= 0.6 is 23.6 Å². The summed E-state index contributed by atoms with van der Waals surface area (Å²) in [5.74, 6) is 0.474. The van der Waals surface area contributed by atoms with Crippen molar-refractivity contribution in [2.45, 2.75) is 33.7 Å². The van der Waals surface area contributed by atoms with Gasteiger partial charge in [0, 0.05) is 10.6 Å². The molecule has 0 amide bonds. The molecule has 1 heterocycles. The second-order valence-electron chi connectivity index (χ2n) is 5.65. The Kier molecular flexibility index (Phi) is 5.37. The molecule has 0 saturated carbocycles. The van der Waals surface area contributed by atoms with E-state index < -0.39 is 0 Å². The lowest BCUT2D eigenvalue weighted by Gasteiger charge is -2.23. The van der Waals surface area contributed by atoms with Gasteiger partial charge >= 0.3 is 0 Å². The Balaban J connectivity index is 2.08. The van der Waals surface area contributed by atoms with Crippen molar-refractivity contribution in [1.29, 1.82) is 0 Å². The van der Waals surface area contributed by atoms with Gasteiger partial charge in [0.2, 0.25) is 0 Å². The minimum atomic E-state index is 0.245. The lowest BCUT2D eigenvalue weighted by atomic mass is 10.0. The second kappa shape index (κ2) is 7.05. The molecular weight excluding hydrogens is 296 g/mol. The molecule has 1 atom stereocenters. The van der Waals surface area contributed by atoms with Crippen molar-refractivity contribution in [3.8, 4) is 0 Å². The van der Waals surface area contributed by atoms with Gasteiger partial charge in [0.1, 0.15) is 0 Å². The highest BCUT2D eigenvalue weighted by molar-refractivity contribution is 7.80. The Bertz CT molecular complexity index is 603. The first-order chi connectivity index (χ1) is 9.97. The van der Waals surface area contributed by atoms with Crippen LogP contribution < -0.4 is 10.6 Å². The van der Waals surface area contributed by atoms with Crippen LogP contribution in [0.5, 0.6) is 0 Å². The molecule has 1 aromatic heterocycles. The quantitative estimate of drug-likeness (QED) is 0.772. The maximum atomic E-state index is 5.49. The van der Waals surface area contributed by atoms with E-state index in [-0.39, 0.29) is 6.04 Å². The number of thiocarbonyl (C=S) groups is 1. The van der Waals surface area contributed by atoms with E-state index in [1.807, 2.05) is 0 Å². The van der Waals surface area contributed by atoms with Crippen LogP contribution in [-0.2, 0) is 0 Å². The highest BCUT2D eigenvalue weighted by atomic mass is 32.1. The van der Waals surface area contributed by atoms with Gasteiger partial charge in [-0.15, -0.1) is 11.3 Å². The van der Waals surface area contributed by atoms with Crippen LogP contribution in [0.2, 0.25) is 0 Å². The number of anilines is 1. The summed E-state index contributed by atoms with van der Waals surface area (Å²) in [4.78, 5) is 1.31. The fourth-order valence-corrected chi connectivity index (χ4v) is 3.39. The largest absolute Gasteiger partial charge is 0.355 e. The van der Waals surface area contributed by atoms with E-state index in [2.05, 4.69) is 74.0 Å². The van der Waals surface area contributed by atoms with Gasteiger partial charge in [0.25, 0.3) is 0 Å². The fourth-order valence-electron chi connectivity index (χ4n) is 2.20. The van der Waals surface area contributed by atoms with Crippen LogP contribution in [0.3, 0.4) is 0 Å². The van der Waals surface area contributed by atoms with Gasteiger partial charge in [-0.1, -0.05) is 32.0 Å². The number of nitrogens with one attached hydrogen (secondary N) is 2. The van der Waals surface area contributed by atoms with E-state index in [0.717, 1.165) is 5.69 Å². The minimum absolute atomic E-state index is 0.245. The van der Waals surface area contributed by atoms with Crippen LogP contribution in [0.4, 0.5) is 5.69 Å². The molecule has 0 saturated heterocycles. The summed E-state index contributed by atoms with van der Waals surface area (Å²) >= 11 is 7.25. The highest BCUT2D eigenvalue weighted by Gasteiger charge is 2.17. The zero-order valence-corrected chi connectivity index (χ0v) is 14.6. The zero-order chi connectivity index (χ0) is 15.4. The van der Waals surface area contributed by atoms with Gasteiger partial charge in [-0.05, 0) is 60.6 Å². The molecule has 0 bridgehead atoms. The summed E-state index contributed by atoms with van der Waals surface area (Å²) in [5, 5.41) is 9.55. The summed E-state index contributed by atoms with van der Waals surface area (Å²) in [6.45, 7) is 8.59. The molecule has 0 aliphatic carbocycles. The van der Waals surface area contributed by atoms with Crippen LogP contribution in [0, 0.1) is 19.8 Å². The lowest BCUT2D eigenvalue weighted by Crippen LogP contribution is -2.34. The minimum Gasteiger partial charge on any atom is -0.355 e. The average Bonchev–Trinajstić information content (AvgIpc) is 2.93. The van der Waals surface area contributed by atoms with Gasteiger partial charge in [0.15, 0.2) is 5.11 Å². The number of hydrogen-bond acceptors (Lipinski definition) is 2. The van der Waals surface area contributed by atoms with Gasteiger partial charge < -0.3 is 10.6 Å². The first kappa shape index (κ1) is 16.0. The third-order valence-corrected chi connectivity index (χ3v) is 4.62. The van der Waals surface area contributed by atoms with E-state index in [1.165, 1.54) is 16.0 Å². The molecule has 0 aliphatic heterocycles. The standard InChI is InChI=1S/C17H22N2S2/c1-11(2)16(15-6-5-9-21-15)19-17(20)18-14-10-12(3)7-8-13(14)4/h5-11,16H,1-4H3,(H2,18,19,20)/t16-/m1/s1. The number of hydrogen-bond donors (Lipinski definition) is 2. The SMILES string of the molecule is Cc1ccc(C)c(NC(=S)N[C@@H](c2cccs2)C(C)C)c1. The average molecular weight is 319 g/mol. The Morgan fingerprint density at radius 3 is 2.57 bits per heavy atom. The van der Waals surface area contributed by atoms with Crippen molar-refractivity contribution >= 4 is 34.4 Å². The van der Waals surface area contributed by atoms with Crippen molar-refractivity contribution < 1.29 is 0 Å². The molecule has 2 aromatic rings. The van der Waals surface area contributed by atoms with E-state index in [1.54, 1.807) is 11.3 Å². The van der Waals surface area contributed by atoms with Gasteiger partial charge in [-0.2, -0.15) is 0 Å². The van der Waals surface area contributed by atoms with Crippen LogP contribution in [0.25, 0.3) is 0 Å². The second-order valence-corrected chi connectivity index (χ2v) is 7.04. The van der Waals surface area contributed by atoms with Crippen LogP contribution in [-0.4, -0.2) is 5.11 Å². The Morgan fingerprint density at radius 1 is 1.19 bits per heavy atom. The Morgan fingerprint density at radius 2 is 1.95 bits per heavy atom. The van der Waals surface area contributed by atoms with Crippen molar-refractivity contribution in [2.24, 2.45) is 5.92 Å². The van der Waals surface area contributed by atoms with Gasteiger partial charge in [0.05, 0.1) is 6.04 Å². The van der Waals surface area contributed by atoms with Crippen molar-refractivity contribution in [1.82, 2.24) is 5.32 Å². The maximum absolute atomic E-state index is 5.49. The molecule has 2 N–H and O–H groups in total. The fraction of sp³-hybridized carbons (Fsp3) is 0.353. The number of thiophene rings is 1. The third kappa shape index (κ3) is 4.29. The predicted octanol–water partition coefficient (Wildman–Crippen LogP) is 5.05. The first-order valence-corrected chi connectivity index (χ1v) is 8.44. The van der Waals surface area contributed by atoms with Gasteiger partial charge in [-0.3, -0.25) is 0 Å². The van der Waals surface area contributed by atoms with E-state index in [9.17, 15) is 0 Å².